The number of hydroxylamine groups is 3. The lowest BCUT2D eigenvalue weighted by Crippen LogP contribution is -2.43. The Bertz CT molecular complexity index is 91.1. The van der Waals surface area contributed by atoms with Crippen LogP contribution in [0.1, 0.15) is 19.8 Å². The Morgan fingerprint density at radius 2 is 1.78 bits per heavy atom. The highest BCUT2D eigenvalue weighted by Crippen LogP contribution is 2.19. The second-order valence-electron chi connectivity index (χ2n) is 3.43. The molecule has 54 valence electrons. The van der Waals surface area contributed by atoms with Gasteiger partial charge in [0, 0.05) is 0 Å². The molecule has 1 fully saturated rings. The molecule has 2 heteroatoms. The van der Waals surface area contributed by atoms with E-state index in [0.717, 1.165) is 31.8 Å². The lowest BCUT2D eigenvalue weighted by Gasteiger charge is -2.43. The van der Waals surface area contributed by atoms with Gasteiger partial charge >= 0.3 is 0 Å². The summed E-state index contributed by atoms with van der Waals surface area (Å²) in [5.74, 6) is 0.783. The highest BCUT2D eigenvalue weighted by molar-refractivity contribution is 4.58. The maximum Gasteiger partial charge on any atom is 0.0784 e. The summed E-state index contributed by atoms with van der Waals surface area (Å²) in [6.45, 7) is 3.86. The molecule has 1 rings (SSSR count). The van der Waals surface area contributed by atoms with Crippen LogP contribution in [0.2, 0.25) is 0 Å². The zero-order valence-electron chi connectivity index (χ0n) is 6.26. The minimum Gasteiger partial charge on any atom is -0.633 e. The van der Waals surface area contributed by atoms with Crippen molar-refractivity contribution >= 4 is 0 Å². The van der Waals surface area contributed by atoms with E-state index in [2.05, 4.69) is 6.92 Å². The second-order valence-corrected chi connectivity index (χ2v) is 3.43. The van der Waals surface area contributed by atoms with Gasteiger partial charge in [-0.3, -0.25) is 0 Å². The third kappa shape index (κ3) is 1.95. The van der Waals surface area contributed by atoms with Crippen LogP contribution in [0.15, 0.2) is 0 Å². The first kappa shape index (κ1) is 7.03. The van der Waals surface area contributed by atoms with Gasteiger partial charge in [-0.2, -0.15) is 0 Å². The Balaban J connectivity index is 2.35. The van der Waals surface area contributed by atoms with Crippen LogP contribution in [0.25, 0.3) is 0 Å². The van der Waals surface area contributed by atoms with Crippen molar-refractivity contribution in [1.29, 1.82) is 0 Å². The Labute approximate surface area is 56.6 Å². The molecule has 0 aliphatic carbocycles. The third-order valence-corrected chi connectivity index (χ3v) is 2.19. The minimum absolute atomic E-state index is 0.00958. The quantitative estimate of drug-likeness (QED) is 0.358. The molecule has 0 amide bonds. The van der Waals surface area contributed by atoms with Gasteiger partial charge < -0.3 is 9.85 Å². The van der Waals surface area contributed by atoms with E-state index in [1.807, 2.05) is 0 Å². The van der Waals surface area contributed by atoms with Gasteiger partial charge in [0.05, 0.1) is 20.1 Å². The van der Waals surface area contributed by atoms with Gasteiger partial charge in [-0.1, -0.05) is 6.92 Å². The van der Waals surface area contributed by atoms with E-state index in [9.17, 15) is 5.21 Å². The van der Waals surface area contributed by atoms with E-state index in [0.29, 0.717) is 0 Å². The monoisotopic (exact) mass is 129 g/mol. The van der Waals surface area contributed by atoms with E-state index >= 15 is 0 Å². The van der Waals surface area contributed by atoms with E-state index in [1.54, 1.807) is 7.05 Å². The van der Waals surface area contributed by atoms with Crippen LogP contribution in [0.3, 0.4) is 0 Å². The number of quaternary nitrogens is 1. The second kappa shape index (κ2) is 2.27. The maximum absolute atomic E-state index is 11.2. The summed E-state index contributed by atoms with van der Waals surface area (Å²) in [6, 6.07) is 0. The van der Waals surface area contributed by atoms with Crippen molar-refractivity contribution in [3.05, 3.63) is 5.21 Å². The average molecular weight is 129 g/mol. The number of piperidine rings is 1. The molecule has 1 aliphatic heterocycles. The molecule has 0 aromatic rings. The van der Waals surface area contributed by atoms with Crippen molar-refractivity contribution in [3.63, 3.8) is 0 Å². The van der Waals surface area contributed by atoms with Crippen molar-refractivity contribution in [3.8, 4) is 0 Å². The molecule has 1 aliphatic rings. The Kier molecular flexibility index (Phi) is 1.78. The number of rotatable bonds is 0. The molecule has 0 aromatic carbocycles. The summed E-state index contributed by atoms with van der Waals surface area (Å²) in [5.41, 5.74) is 0. The normalized spacial score (nSPS) is 45.0. The largest absolute Gasteiger partial charge is 0.633 e. The first-order valence-electron chi connectivity index (χ1n) is 3.66. The molecule has 0 spiro atoms. The molecule has 0 N–H and O–H groups in total. The van der Waals surface area contributed by atoms with Crippen molar-refractivity contribution < 1.29 is 4.65 Å². The van der Waals surface area contributed by atoms with E-state index < -0.39 is 0 Å². The summed E-state index contributed by atoms with van der Waals surface area (Å²) < 4.78 is -0.00958. The smallest absolute Gasteiger partial charge is 0.0784 e. The predicted octanol–water partition coefficient (Wildman–Crippen LogP) is 1.36. The van der Waals surface area contributed by atoms with Crippen LogP contribution in [-0.4, -0.2) is 24.8 Å². The van der Waals surface area contributed by atoms with Gasteiger partial charge in [0.15, 0.2) is 0 Å². The lowest BCUT2D eigenvalue weighted by molar-refractivity contribution is -0.866. The van der Waals surface area contributed by atoms with E-state index in [4.69, 9.17) is 0 Å². The van der Waals surface area contributed by atoms with Gasteiger partial charge in [0.25, 0.3) is 0 Å². The van der Waals surface area contributed by atoms with Crippen LogP contribution in [0.4, 0.5) is 0 Å². The van der Waals surface area contributed by atoms with Gasteiger partial charge in [0.2, 0.25) is 0 Å². The molecule has 9 heavy (non-hydrogen) atoms. The molecular weight excluding hydrogens is 114 g/mol. The van der Waals surface area contributed by atoms with Gasteiger partial charge in [-0.25, -0.2) is 0 Å². The molecule has 1 saturated heterocycles. The Morgan fingerprint density at radius 3 is 2.11 bits per heavy atom. The fourth-order valence-corrected chi connectivity index (χ4v) is 1.24. The highest BCUT2D eigenvalue weighted by atomic mass is 16.5. The Hall–Kier alpha value is -0.0800. The topological polar surface area (TPSA) is 23.1 Å². The van der Waals surface area contributed by atoms with Crippen molar-refractivity contribution in [2.75, 3.05) is 20.1 Å². The Morgan fingerprint density at radius 1 is 1.33 bits per heavy atom. The summed E-state index contributed by atoms with van der Waals surface area (Å²) in [6.07, 6.45) is 2.22. The molecule has 2 nitrogen and oxygen atoms in total. The summed E-state index contributed by atoms with van der Waals surface area (Å²) in [5, 5.41) is 11.2. The van der Waals surface area contributed by atoms with Crippen LogP contribution in [0.5, 0.6) is 0 Å². The molecular formula is C7H15NO. The third-order valence-electron chi connectivity index (χ3n) is 2.19. The first-order valence-corrected chi connectivity index (χ1v) is 3.66. The van der Waals surface area contributed by atoms with Gasteiger partial charge in [0.1, 0.15) is 0 Å². The van der Waals surface area contributed by atoms with E-state index in [1.165, 1.54) is 0 Å². The summed E-state index contributed by atoms with van der Waals surface area (Å²) >= 11 is 0. The zero-order chi connectivity index (χ0) is 6.91. The van der Waals surface area contributed by atoms with E-state index in [-0.39, 0.29) is 4.65 Å². The molecule has 0 saturated carbocycles. The molecule has 0 bridgehead atoms. The van der Waals surface area contributed by atoms with Crippen LogP contribution >= 0.6 is 0 Å². The molecule has 1 heterocycles. The molecule has 0 radical (unpaired) electrons. The number of hydrogen-bond acceptors (Lipinski definition) is 1. The van der Waals surface area contributed by atoms with Gasteiger partial charge in [-0.15, -0.1) is 0 Å². The zero-order valence-corrected chi connectivity index (χ0v) is 6.26. The molecule has 0 atom stereocenters. The predicted molar refractivity (Wildman–Crippen MR) is 37.7 cm³/mol. The minimum atomic E-state index is -0.00958. The van der Waals surface area contributed by atoms with Crippen LogP contribution < -0.4 is 0 Å². The average Bonchev–Trinajstić information content (AvgIpc) is 1.78. The standard InChI is InChI=1S/C7H15NO/c1-7-3-5-8(2,9)6-4-7/h7H,3-6H2,1-2H3. The van der Waals surface area contributed by atoms with Crippen molar-refractivity contribution in [2.24, 2.45) is 5.92 Å². The SMILES string of the molecule is CC1CC[N+](C)([O-])CC1. The maximum atomic E-state index is 11.2. The fraction of sp³-hybridized carbons (Fsp3) is 1.00. The van der Waals surface area contributed by atoms with Crippen molar-refractivity contribution in [1.82, 2.24) is 0 Å². The van der Waals surface area contributed by atoms with Gasteiger partial charge in [-0.05, 0) is 18.8 Å². The first-order chi connectivity index (χ1) is 4.10. The molecule has 0 unspecified atom stereocenters. The van der Waals surface area contributed by atoms with Crippen LogP contribution in [-0.2, 0) is 0 Å². The number of hydrogen-bond donors (Lipinski definition) is 0. The highest BCUT2D eigenvalue weighted by Gasteiger charge is 2.19. The number of likely N-dealkylation sites (tertiary alicyclic amines) is 1. The molecule has 0 aromatic heterocycles. The lowest BCUT2D eigenvalue weighted by atomic mass is 9.99. The van der Waals surface area contributed by atoms with Crippen molar-refractivity contribution in [2.45, 2.75) is 19.8 Å². The fourth-order valence-electron chi connectivity index (χ4n) is 1.24. The van der Waals surface area contributed by atoms with Crippen LogP contribution in [0, 0.1) is 11.1 Å². The summed E-state index contributed by atoms with van der Waals surface area (Å²) in [7, 11) is 1.77. The number of nitrogens with zero attached hydrogens (tertiary/aromatic N) is 1. The summed E-state index contributed by atoms with van der Waals surface area (Å²) in [4.78, 5) is 0.